The van der Waals surface area contributed by atoms with E-state index in [4.69, 9.17) is 0 Å². The highest BCUT2D eigenvalue weighted by molar-refractivity contribution is 7.89. The molecule has 2 aromatic carbocycles. The first-order valence-electron chi connectivity index (χ1n) is 10.3. The predicted octanol–water partition coefficient (Wildman–Crippen LogP) is 2.24. The normalized spacial score (nSPS) is 17.2. The van der Waals surface area contributed by atoms with Gasteiger partial charge in [-0.2, -0.15) is 0 Å². The molecule has 7 nitrogen and oxygen atoms in total. The van der Waals surface area contributed by atoms with Gasteiger partial charge in [-0.1, -0.05) is 29.8 Å². The number of benzene rings is 2. The van der Waals surface area contributed by atoms with E-state index in [0.29, 0.717) is 12.6 Å². The summed E-state index contributed by atoms with van der Waals surface area (Å²) in [6, 6.07) is 15.8. The van der Waals surface area contributed by atoms with E-state index >= 15 is 0 Å². The highest BCUT2D eigenvalue weighted by Gasteiger charge is 2.23. The molecule has 1 aliphatic rings. The number of aliphatic imine (C=N–C) groups is 1. The maximum atomic E-state index is 12.0. The Morgan fingerprint density at radius 2 is 1.97 bits per heavy atom. The molecule has 0 radical (unpaired) electrons. The van der Waals surface area contributed by atoms with Crippen molar-refractivity contribution in [3.05, 3.63) is 59.7 Å². The van der Waals surface area contributed by atoms with Crippen LogP contribution >= 0.6 is 0 Å². The van der Waals surface area contributed by atoms with Gasteiger partial charge >= 0.3 is 0 Å². The van der Waals surface area contributed by atoms with Crippen LogP contribution in [0, 0.1) is 6.92 Å². The summed E-state index contributed by atoms with van der Waals surface area (Å²) < 4.78 is 26.4. The van der Waals surface area contributed by atoms with Crippen molar-refractivity contribution in [2.75, 3.05) is 31.6 Å². The van der Waals surface area contributed by atoms with Gasteiger partial charge in [0.1, 0.15) is 0 Å². The van der Waals surface area contributed by atoms with Gasteiger partial charge in [0, 0.05) is 31.4 Å². The van der Waals surface area contributed by atoms with Gasteiger partial charge in [-0.25, -0.2) is 18.1 Å². The fraction of sp³-hybridized carbons (Fsp3) is 0.409. The van der Waals surface area contributed by atoms with Crippen molar-refractivity contribution in [2.24, 2.45) is 4.99 Å². The molecule has 1 saturated heterocycles. The number of nitrogens with one attached hydrogen (secondary N) is 3. The van der Waals surface area contributed by atoms with Crippen LogP contribution in [0.4, 0.5) is 5.69 Å². The van der Waals surface area contributed by atoms with Crippen molar-refractivity contribution in [1.29, 1.82) is 0 Å². The molecule has 0 aromatic heterocycles. The van der Waals surface area contributed by atoms with Crippen LogP contribution in [0.3, 0.4) is 0 Å². The number of hydrogen-bond donors (Lipinski definition) is 3. The van der Waals surface area contributed by atoms with E-state index in [-0.39, 0.29) is 4.90 Å². The van der Waals surface area contributed by atoms with E-state index < -0.39 is 10.0 Å². The van der Waals surface area contributed by atoms with Crippen molar-refractivity contribution in [3.8, 4) is 0 Å². The fourth-order valence-electron chi connectivity index (χ4n) is 3.48. The first kappa shape index (κ1) is 22.1. The largest absolute Gasteiger partial charge is 0.369 e. The average Bonchev–Trinajstić information content (AvgIpc) is 3.21. The molecule has 2 aromatic rings. The van der Waals surface area contributed by atoms with Crippen molar-refractivity contribution in [3.63, 3.8) is 0 Å². The Labute approximate surface area is 179 Å². The van der Waals surface area contributed by atoms with Gasteiger partial charge in [0.05, 0.1) is 11.4 Å². The van der Waals surface area contributed by atoms with Crippen molar-refractivity contribution in [2.45, 2.75) is 37.8 Å². The number of rotatable bonds is 7. The Hall–Kier alpha value is -2.58. The Morgan fingerprint density at radius 1 is 1.20 bits per heavy atom. The second kappa shape index (κ2) is 9.95. The SMILES string of the molecule is CCNC(=NCc1cccc(S(=O)(=O)NC)c1)NC1CCN(c2ccc(C)cc2)C1. The van der Waals surface area contributed by atoms with Crippen LogP contribution in [0.25, 0.3) is 0 Å². The molecule has 1 atom stereocenters. The number of nitrogens with zero attached hydrogens (tertiary/aromatic N) is 2. The summed E-state index contributed by atoms with van der Waals surface area (Å²) in [6.07, 6.45) is 1.04. The molecule has 0 bridgehead atoms. The molecular formula is C22H31N5O2S. The summed E-state index contributed by atoms with van der Waals surface area (Å²) >= 11 is 0. The Morgan fingerprint density at radius 3 is 2.67 bits per heavy atom. The zero-order valence-corrected chi connectivity index (χ0v) is 18.7. The van der Waals surface area contributed by atoms with Gasteiger partial charge in [0.15, 0.2) is 5.96 Å². The number of anilines is 1. The van der Waals surface area contributed by atoms with Crippen molar-refractivity contribution < 1.29 is 8.42 Å². The average molecular weight is 430 g/mol. The summed E-state index contributed by atoms with van der Waals surface area (Å²) in [7, 11) is -2.05. The van der Waals surface area contributed by atoms with Crippen molar-refractivity contribution in [1.82, 2.24) is 15.4 Å². The van der Waals surface area contributed by atoms with Crippen LogP contribution in [0.5, 0.6) is 0 Å². The quantitative estimate of drug-likeness (QED) is 0.464. The lowest BCUT2D eigenvalue weighted by Crippen LogP contribution is -2.44. The van der Waals surface area contributed by atoms with E-state index in [1.807, 2.05) is 13.0 Å². The molecule has 1 fully saturated rings. The number of sulfonamides is 1. The third kappa shape index (κ3) is 5.73. The summed E-state index contributed by atoms with van der Waals surface area (Å²) in [4.78, 5) is 7.30. The lowest BCUT2D eigenvalue weighted by Gasteiger charge is -2.20. The molecule has 0 aliphatic carbocycles. The molecule has 3 N–H and O–H groups in total. The molecule has 30 heavy (non-hydrogen) atoms. The minimum atomic E-state index is -3.46. The predicted molar refractivity (Wildman–Crippen MR) is 122 cm³/mol. The zero-order chi connectivity index (χ0) is 21.6. The monoisotopic (exact) mass is 429 g/mol. The summed E-state index contributed by atoms with van der Waals surface area (Å²) in [5.74, 6) is 0.745. The van der Waals surface area contributed by atoms with Gasteiger partial charge in [0.25, 0.3) is 0 Å². The third-order valence-electron chi connectivity index (χ3n) is 5.17. The van der Waals surface area contributed by atoms with Gasteiger partial charge in [-0.05, 0) is 57.1 Å². The van der Waals surface area contributed by atoms with Crippen LogP contribution in [-0.4, -0.2) is 47.1 Å². The maximum absolute atomic E-state index is 12.0. The minimum absolute atomic E-state index is 0.250. The molecule has 1 aliphatic heterocycles. The van der Waals surface area contributed by atoms with E-state index in [9.17, 15) is 8.42 Å². The Balaban J connectivity index is 1.64. The number of guanidine groups is 1. The van der Waals surface area contributed by atoms with E-state index in [1.54, 1.807) is 18.2 Å². The molecule has 1 heterocycles. The summed E-state index contributed by atoms with van der Waals surface area (Å²) in [6.45, 7) is 7.21. The zero-order valence-electron chi connectivity index (χ0n) is 17.9. The van der Waals surface area contributed by atoms with Gasteiger partial charge < -0.3 is 15.5 Å². The highest BCUT2D eigenvalue weighted by atomic mass is 32.2. The third-order valence-corrected chi connectivity index (χ3v) is 6.58. The Bertz CT molecular complexity index is 973. The first-order chi connectivity index (χ1) is 14.4. The van der Waals surface area contributed by atoms with Gasteiger partial charge in [0.2, 0.25) is 10.0 Å². The van der Waals surface area contributed by atoms with Crippen LogP contribution in [-0.2, 0) is 16.6 Å². The molecule has 0 spiro atoms. The molecule has 8 heteroatoms. The van der Waals surface area contributed by atoms with Crippen LogP contribution in [0.1, 0.15) is 24.5 Å². The molecule has 1 unspecified atom stereocenters. The number of aryl methyl sites for hydroxylation is 1. The number of hydrogen-bond acceptors (Lipinski definition) is 4. The smallest absolute Gasteiger partial charge is 0.240 e. The minimum Gasteiger partial charge on any atom is -0.369 e. The molecular weight excluding hydrogens is 398 g/mol. The highest BCUT2D eigenvalue weighted by Crippen LogP contribution is 2.20. The standard InChI is InChI=1S/C22H31N5O2S/c1-4-24-22(25-15-18-6-5-7-21(14-18)30(28,29)23-3)26-19-12-13-27(16-19)20-10-8-17(2)9-11-20/h5-11,14,19,23H,4,12-13,15-16H2,1-3H3,(H2,24,25,26). The van der Waals surface area contributed by atoms with E-state index in [1.165, 1.54) is 18.3 Å². The van der Waals surface area contributed by atoms with E-state index in [2.05, 4.69) is 56.4 Å². The maximum Gasteiger partial charge on any atom is 0.240 e. The van der Waals surface area contributed by atoms with Gasteiger partial charge in [-0.15, -0.1) is 0 Å². The lowest BCUT2D eigenvalue weighted by molar-refractivity contribution is 0.588. The summed E-state index contributed by atoms with van der Waals surface area (Å²) in [5.41, 5.74) is 3.35. The van der Waals surface area contributed by atoms with Crippen LogP contribution < -0.4 is 20.3 Å². The second-order valence-corrected chi connectivity index (χ2v) is 9.35. The summed E-state index contributed by atoms with van der Waals surface area (Å²) in [5, 5.41) is 6.81. The topological polar surface area (TPSA) is 85.8 Å². The first-order valence-corrected chi connectivity index (χ1v) is 11.8. The molecule has 0 amide bonds. The Kier molecular flexibility index (Phi) is 7.33. The molecule has 162 valence electrons. The van der Waals surface area contributed by atoms with Crippen LogP contribution in [0.2, 0.25) is 0 Å². The van der Waals surface area contributed by atoms with E-state index in [0.717, 1.165) is 37.6 Å². The second-order valence-electron chi connectivity index (χ2n) is 7.46. The molecule has 3 rings (SSSR count). The fourth-order valence-corrected chi connectivity index (χ4v) is 4.28. The van der Waals surface area contributed by atoms with Crippen LogP contribution in [0.15, 0.2) is 58.4 Å². The van der Waals surface area contributed by atoms with Crippen molar-refractivity contribution >= 4 is 21.7 Å². The molecule has 0 saturated carbocycles. The van der Waals surface area contributed by atoms with Gasteiger partial charge in [-0.3, -0.25) is 0 Å². The lowest BCUT2D eigenvalue weighted by atomic mass is 10.2.